The van der Waals surface area contributed by atoms with E-state index in [0.717, 1.165) is 5.56 Å². The number of amidine groups is 1. The summed E-state index contributed by atoms with van der Waals surface area (Å²) in [7, 11) is 0. The molecular formula is C13H12ClN3O2. The normalized spacial score (nSPS) is 10.2. The Morgan fingerprint density at radius 1 is 1.42 bits per heavy atom. The number of aliphatic hydroxyl groups excluding tert-OH is 1. The summed E-state index contributed by atoms with van der Waals surface area (Å²) in [5.41, 5.74) is 6.49. The molecule has 98 valence electrons. The van der Waals surface area contributed by atoms with Crippen LogP contribution in [0.3, 0.4) is 0 Å². The first kappa shape index (κ1) is 13.3. The fourth-order valence-corrected chi connectivity index (χ4v) is 1.77. The Morgan fingerprint density at radius 2 is 2.21 bits per heavy atom. The van der Waals surface area contributed by atoms with E-state index in [1.165, 1.54) is 6.20 Å². The summed E-state index contributed by atoms with van der Waals surface area (Å²) in [5.74, 6) is 0.521. The van der Waals surface area contributed by atoms with Gasteiger partial charge in [-0.15, -0.1) is 0 Å². The summed E-state index contributed by atoms with van der Waals surface area (Å²) in [6.45, 7) is -0.0775. The predicted molar refractivity (Wildman–Crippen MR) is 72.7 cm³/mol. The average molecular weight is 278 g/mol. The van der Waals surface area contributed by atoms with Crippen molar-refractivity contribution in [2.75, 3.05) is 0 Å². The largest absolute Gasteiger partial charge is 0.438 e. The van der Waals surface area contributed by atoms with E-state index in [4.69, 9.17) is 32.6 Å². The number of pyridine rings is 1. The van der Waals surface area contributed by atoms with Gasteiger partial charge in [-0.05, 0) is 23.8 Å². The van der Waals surface area contributed by atoms with E-state index in [9.17, 15) is 0 Å². The molecule has 0 radical (unpaired) electrons. The molecule has 5 nitrogen and oxygen atoms in total. The standard InChI is InChI=1S/C13H12ClN3O2/c14-11-10(12(15)16)4-5-17-13(11)19-9-3-1-2-8(6-9)7-18/h1-6,18H,7H2,(H3,15,16). The van der Waals surface area contributed by atoms with E-state index in [2.05, 4.69) is 4.98 Å². The summed E-state index contributed by atoms with van der Waals surface area (Å²) in [6, 6.07) is 8.47. The smallest absolute Gasteiger partial charge is 0.238 e. The minimum absolute atomic E-state index is 0.0775. The number of nitrogens with one attached hydrogen (secondary N) is 1. The van der Waals surface area contributed by atoms with Gasteiger partial charge in [0.2, 0.25) is 5.88 Å². The second-order valence-electron chi connectivity index (χ2n) is 3.80. The average Bonchev–Trinajstić information content (AvgIpc) is 2.41. The van der Waals surface area contributed by atoms with Gasteiger partial charge < -0.3 is 15.6 Å². The first-order valence-corrected chi connectivity index (χ1v) is 5.86. The lowest BCUT2D eigenvalue weighted by Gasteiger charge is -2.09. The molecule has 1 heterocycles. The predicted octanol–water partition coefficient (Wildman–Crippen LogP) is 2.30. The maximum absolute atomic E-state index is 9.06. The molecule has 0 atom stereocenters. The van der Waals surface area contributed by atoms with Crippen LogP contribution in [0.4, 0.5) is 0 Å². The quantitative estimate of drug-likeness (QED) is 0.590. The van der Waals surface area contributed by atoms with Crippen LogP contribution in [0, 0.1) is 5.41 Å². The number of nitrogens with zero attached hydrogens (tertiary/aromatic N) is 1. The van der Waals surface area contributed by atoms with Crippen LogP contribution in [0.5, 0.6) is 11.6 Å². The van der Waals surface area contributed by atoms with Gasteiger partial charge in [0.05, 0.1) is 6.61 Å². The van der Waals surface area contributed by atoms with Crippen molar-refractivity contribution in [3.8, 4) is 11.6 Å². The number of hydrogen-bond acceptors (Lipinski definition) is 4. The van der Waals surface area contributed by atoms with Crippen molar-refractivity contribution >= 4 is 17.4 Å². The molecule has 0 spiro atoms. The summed E-state index contributed by atoms with van der Waals surface area (Å²) in [5, 5.41) is 16.6. The molecule has 0 saturated carbocycles. The van der Waals surface area contributed by atoms with Crippen LogP contribution in [-0.4, -0.2) is 15.9 Å². The molecule has 2 rings (SSSR count). The fourth-order valence-electron chi connectivity index (χ4n) is 1.52. The third kappa shape index (κ3) is 3.01. The SMILES string of the molecule is N=C(N)c1ccnc(Oc2cccc(CO)c2)c1Cl. The minimum atomic E-state index is -0.152. The second kappa shape index (κ2) is 5.69. The van der Waals surface area contributed by atoms with Crippen molar-refractivity contribution < 1.29 is 9.84 Å². The number of benzene rings is 1. The summed E-state index contributed by atoms with van der Waals surface area (Å²) in [6.07, 6.45) is 1.47. The van der Waals surface area contributed by atoms with E-state index < -0.39 is 0 Å². The lowest BCUT2D eigenvalue weighted by molar-refractivity contribution is 0.281. The summed E-state index contributed by atoms with van der Waals surface area (Å²) in [4.78, 5) is 4.00. The van der Waals surface area contributed by atoms with Gasteiger partial charge in [0.15, 0.2) is 0 Å². The van der Waals surface area contributed by atoms with Gasteiger partial charge in [0.1, 0.15) is 16.6 Å². The first-order chi connectivity index (χ1) is 9.11. The van der Waals surface area contributed by atoms with Gasteiger partial charge in [-0.1, -0.05) is 23.7 Å². The molecule has 0 amide bonds. The Balaban J connectivity index is 2.33. The molecule has 0 unspecified atom stereocenters. The summed E-state index contributed by atoms with van der Waals surface area (Å²) >= 11 is 6.07. The van der Waals surface area contributed by atoms with Crippen molar-refractivity contribution in [3.05, 3.63) is 52.7 Å². The van der Waals surface area contributed by atoms with Crippen LogP contribution in [0.25, 0.3) is 0 Å². The Kier molecular flexibility index (Phi) is 3.99. The molecule has 1 aromatic carbocycles. The number of nitrogen functional groups attached to an aromatic ring is 1. The van der Waals surface area contributed by atoms with Crippen LogP contribution < -0.4 is 10.5 Å². The van der Waals surface area contributed by atoms with Gasteiger partial charge in [-0.3, -0.25) is 5.41 Å². The van der Waals surface area contributed by atoms with E-state index >= 15 is 0 Å². The van der Waals surface area contributed by atoms with E-state index in [1.807, 2.05) is 0 Å². The third-order valence-corrected chi connectivity index (χ3v) is 2.81. The Hall–Kier alpha value is -2.11. The van der Waals surface area contributed by atoms with Crippen LogP contribution >= 0.6 is 11.6 Å². The molecule has 4 N–H and O–H groups in total. The highest BCUT2D eigenvalue weighted by Crippen LogP contribution is 2.29. The number of nitrogens with two attached hydrogens (primary N) is 1. The molecule has 0 aliphatic carbocycles. The molecule has 2 aromatic rings. The van der Waals surface area contributed by atoms with E-state index in [1.54, 1.807) is 30.3 Å². The van der Waals surface area contributed by atoms with Gasteiger partial charge in [0, 0.05) is 11.8 Å². The third-order valence-electron chi connectivity index (χ3n) is 2.44. The highest BCUT2D eigenvalue weighted by Gasteiger charge is 2.11. The van der Waals surface area contributed by atoms with Gasteiger partial charge in [0.25, 0.3) is 0 Å². The molecule has 1 aromatic heterocycles. The van der Waals surface area contributed by atoms with Crippen molar-refractivity contribution in [2.45, 2.75) is 6.61 Å². The molecule has 0 aliphatic heterocycles. The molecule has 19 heavy (non-hydrogen) atoms. The number of hydrogen-bond donors (Lipinski definition) is 3. The topological polar surface area (TPSA) is 92.2 Å². The molecule has 0 aliphatic rings. The number of halogens is 1. The van der Waals surface area contributed by atoms with Crippen molar-refractivity contribution in [2.24, 2.45) is 5.73 Å². The van der Waals surface area contributed by atoms with Gasteiger partial charge in [-0.2, -0.15) is 0 Å². The minimum Gasteiger partial charge on any atom is -0.438 e. The van der Waals surface area contributed by atoms with Crippen molar-refractivity contribution in [1.29, 1.82) is 5.41 Å². The second-order valence-corrected chi connectivity index (χ2v) is 4.18. The van der Waals surface area contributed by atoms with E-state index in [-0.39, 0.29) is 23.3 Å². The number of rotatable bonds is 4. The van der Waals surface area contributed by atoms with Crippen LogP contribution in [0.2, 0.25) is 5.02 Å². The Morgan fingerprint density at radius 3 is 2.89 bits per heavy atom. The first-order valence-electron chi connectivity index (χ1n) is 5.48. The van der Waals surface area contributed by atoms with E-state index in [0.29, 0.717) is 11.3 Å². The highest BCUT2D eigenvalue weighted by molar-refractivity contribution is 6.35. The highest BCUT2D eigenvalue weighted by atomic mass is 35.5. The zero-order valence-corrected chi connectivity index (χ0v) is 10.7. The maximum Gasteiger partial charge on any atom is 0.238 e. The molecule has 0 bridgehead atoms. The monoisotopic (exact) mass is 277 g/mol. The molecule has 6 heteroatoms. The van der Waals surface area contributed by atoms with Crippen molar-refractivity contribution in [1.82, 2.24) is 4.98 Å². The van der Waals surface area contributed by atoms with Gasteiger partial charge in [-0.25, -0.2) is 4.98 Å². The molecular weight excluding hydrogens is 266 g/mol. The number of ether oxygens (including phenoxy) is 1. The molecule has 0 fully saturated rings. The van der Waals surface area contributed by atoms with Crippen LogP contribution in [0.15, 0.2) is 36.5 Å². The Bertz CT molecular complexity index is 617. The van der Waals surface area contributed by atoms with Crippen LogP contribution in [-0.2, 0) is 6.61 Å². The van der Waals surface area contributed by atoms with Crippen molar-refractivity contribution in [3.63, 3.8) is 0 Å². The number of aromatic nitrogens is 1. The lowest BCUT2D eigenvalue weighted by Crippen LogP contribution is -2.12. The zero-order chi connectivity index (χ0) is 13.8. The van der Waals surface area contributed by atoms with Gasteiger partial charge >= 0.3 is 0 Å². The zero-order valence-electron chi connectivity index (χ0n) is 9.93. The Labute approximate surface area is 115 Å². The lowest BCUT2D eigenvalue weighted by atomic mass is 10.2. The molecule has 0 saturated heterocycles. The maximum atomic E-state index is 9.06. The fraction of sp³-hybridized carbons (Fsp3) is 0.0769. The van der Waals surface area contributed by atoms with Crippen LogP contribution in [0.1, 0.15) is 11.1 Å². The number of aliphatic hydroxyl groups is 1. The summed E-state index contributed by atoms with van der Waals surface area (Å²) < 4.78 is 5.54.